The predicted octanol–water partition coefficient (Wildman–Crippen LogP) is 3.02. The van der Waals surface area contributed by atoms with E-state index in [1.54, 1.807) is 19.0 Å². The van der Waals surface area contributed by atoms with Crippen molar-refractivity contribution >= 4 is 11.9 Å². The number of rotatable bonds is 5. The predicted molar refractivity (Wildman–Crippen MR) is 121 cm³/mol. The average molecular weight is 429 g/mol. The van der Waals surface area contributed by atoms with E-state index in [0.717, 1.165) is 50.0 Å². The summed E-state index contributed by atoms with van der Waals surface area (Å²) >= 11 is 0. The fraction of sp³-hybridized carbons (Fsp3) is 0.667. The Kier molecular flexibility index (Phi) is 7.00. The van der Waals surface area contributed by atoms with Crippen LogP contribution in [0.5, 0.6) is 5.75 Å². The van der Waals surface area contributed by atoms with Gasteiger partial charge in [-0.25, -0.2) is 4.99 Å². The molecule has 1 spiro atoms. The third-order valence-electron chi connectivity index (χ3n) is 6.67. The molecule has 4 rings (SSSR count). The number of fused-ring (bicyclic) bond motifs is 1. The lowest BCUT2D eigenvalue weighted by Gasteiger charge is -2.40. The van der Waals surface area contributed by atoms with Crippen molar-refractivity contribution < 1.29 is 14.3 Å². The SMILES string of the molecule is CN(C)C(=O)CN=C(NCC1CCCCO1)NC1CC2(CCCC2)Oc2ccccc21. The highest BCUT2D eigenvalue weighted by Gasteiger charge is 2.43. The van der Waals surface area contributed by atoms with E-state index in [-0.39, 0.29) is 30.2 Å². The number of guanidine groups is 1. The first-order valence-electron chi connectivity index (χ1n) is 11.7. The highest BCUT2D eigenvalue weighted by atomic mass is 16.5. The number of hydrogen-bond acceptors (Lipinski definition) is 4. The van der Waals surface area contributed by atoms with Crippen LogP contribution >= 0.6 is 0 Å². The molecule has 0 aromatic heterocycles. The molecule has 0 bridgehead atoms. The minimum absolute atomic E-state index is 0.0188. The van der Waals surface area contributed by atoms with Crippen molar-refractivity contribution in [2.24, 2.45) is 4.99 Å². The van der Waals surface area contributed by atoms with Crippen molar-refractivity contribution in [2.75, 3.05) is 33.8 Å². The molecule has 3 aliphatic rings. The van der Waals surface area contributed by atoms with Crippen LogP contribution < -0.4 is 15.4 Å². The van der Waals surface area contributed by atoms with Gasteiger partial charge in [0.25, 0.3) is 0 Å². The number of likely N-dealkylation sites (N-methyl/N-ethyl adjacent to an activating group) is 1. The van der Waals surface area contributed by atoms with E-state index in [1.807, 2.05) is 6.07 Å². The van der Waals surface area contributed by atoms with Gasteiger partial charge in [-0.15, -0.1) is 0 Å². The maximum atomic E-state index is 12.2. The molecule has 2 fully saturated rings. The first-order valence-corrected chi connectivity index (χ1v) is 11.7. The van der Waals surface area contributed by atoms with Crippen molar-refractivity contribution in [3.05, 3.63) is 29.8 Å². The summed E-state index contributed by atoms with van der Waals surface area (Å²) in [6, 6.07) is 8.38. The summed E-state index contributed by atoms with van der Waals surface area (Å²) in [5.41, 5.74) is 1.06. The number of para-hydroxylation sites is 1. The molecule has 2 unspecified atom stereocenters. The Balaban J connectivity index is 1.51. The highest BCUT2D eigenvalue weighted by molar-refractivity contribution is 5.85. The second kappa shape index (κ2) is 9.90. The van der Waals surface area contributed by atoms with Gasteiger partial charge in [-0.3, -0.25) is 4.79 Å². The molecule has 1 aromatic carbocycles. The number of aliphatic imine (C=N–C) groups is 1. The quantitative estimate of drug-likeness (QED) is 0.557. The van der Waals surface area contributed by atoms with Gasteiger partial charge in [0.05, 0.1) is 12.1 Å². The van der Waals surface area contributed by atoms with Gasteiger partial charge >= 0.3 is 0 Å². The zero-order chi connectivity index (χ0) is 21.7. The lowest BCUT2D eigenvalue weighted by Crippen LogP contribution is -2.48. The molecular weight excluding hydrogens is 392 g/mol. The molecule has 170 valence electrons. The van der Waals surface area contributed by atoms with Gasteiger partial charge in [0.1, 0.15) is 17.9 Å². The van der Waals surface area contributed by atoms with E-state index >= 15 is 0 Å². The van der Waals surface area contributed by atoms with Gasteiger partial charge in [-0.05, 0) is 51.0 Å². The Bertz CT molecular complexity index is 783. The summed E-state index contributed by atoms with van der Waals surface area (Å²) in [5.74, 6) is 1.61. The third kappa shape index (κ3) is 5.50. The van der Waals surface area contributed by atoms with Gasteiger partial charge in [0, 0.05) is 39.2 Å². The molecule has 1 saturated heterocycles. The van der Waals surface area contributed by atoms with Crippen molar-refractivity contribution in [3.8, 4) is 5.75 Å². The van der Waals surface area contributed by atoms with Crippen LogP contribution in [0.15, 0.2) is 29.3 Å². The first kappa shape index (κ1) is 21.9. The van der Waals surface area contributed by atoms with Crippen LogP contribution in [0.1, 0.15) is 63.0 Å². The van der Waals surface area contributed by atoms with E-state index < -0.39 is 0 Å². The van der Waals surface area contributed by atoms with Crippen molar-refractivity contribution in [3.63, 3.8) is 0 Å². The van der Waals surface area contributed by atoms with E-state index in [9.17, 15) is 4.79 Å². The molecular formula is C24H36N4O3. The van der Waals surface area contributed by atoms with Crippen molar-refractivity contribution in [1.29, 1.82) is 0 Å². The molecule has 2 heterocycles. The first-order chi connectivity index (χ1) is 15.0. The molecule has 7 nitrogen and oxygen atoms in total. The lowest BCUT2D eigenvalue weighted by atomic mass is 9.86. The van der Waals surface area contributed by atoms with Gasteiger partial charge < -0.3 is 25.0 Å². The summed E-state index contributed by atoms with van der Waals surface area (Å²) in [4.78, 5) is 18.4. The van der Waals surface area contributed by atoms with Crippen LogP contribution in [-0.2, 0) is 9.53 Å². The summed E-state index contributed by atoms with van der Waals surface area (Å²) in [6.07, 6.45) is 9.09. The number of hydrogen-bond donors (Lipinski definition) is 2. The second-order valence-corrected chi connectivity index (χ2v) is 9.25. The molecule has 1 aliphatic carbocycles. The van der Waals surface area contributed by atoms with Gasteiger partial charge in [0.2, 0.25) is 5.91 Å². The van der Waals surface area contributed by atoms with E-state index in [2.05, 4.69) is 33.8 Å². The maximum absolute atomic E-state index is 12.2. The van der Waals surface area contributed by atoms with Crippen LogP contribution in [-0.4, -0.2) is 62.3 Å². The Labute approximate surface area is 185 Å². The number of benzene rings is 1. The number of nitrogens with one attached hydrogen (secondary N) is 2. The van der Waals surface area contributed by atoms with Crippen LogP contribution in [0.3, 0.4) is 0 Å². The Morgan fingerprint density at radius 1 is 1.19 bits per heavy atom. The number of nitrogens with zero attached hydrogens (tertiary/aromatic N) is 2. The van der Waals surface area contributed by atoms with Crippen LogP contribution in [0, 0.1) is 0 Å². The number of carbonyl (C=O) groups is 1. The van der Waals surface area contributed by atoms with Gasteiger partial charge in [-0.2, -0.15) is 0 Å². The molecule has 2 N–H and O–H groups in total. The Hall–Kier alpha value is -2.28. The zero-order valence-corrected chi connectivity index (χ0v) is 18.9. The molecule has 1 aromatic rings. The van der Waals surface area contributed by atoms with Crippen molar-refractivity contribution in [2.45, 2.75) is 69.1 Å². The van der Waals surface area contributed by atoms with E-state index in [4.69, 9.17) is 9.47 Å². The van der Waals surface area contributed by atoms with Crippen LogP contribution in [0.4, 0.5) is 0 Å². The largest absolute Gasteiger partial charge is 0.487 e. The highest BCUT2D eigenvalue weighted by Crippen LogP contribution is 2.46. The Morgan fingerprint density at radius 2 is 2.00 bits per heavy atom. The molecule has 1 amide bonds. The molecule has 7 heteroatoms. The topological polar surface area (TPSA) is 75.2 Å². The fourth-order valence-electron chi connectivity index (χ4n) is 4.86. The second-order valence-electron chi connectivity index (χ2n) is 9.25. The fourth-order valence-corrected chi connectivity index (χ4v) is 4.86. The third-order valence-corrected chi connectivity index (χ3v) is 6.67. The average Bonchev–Trinajstić information content (AvgIpc) is 3.23. The maximum Gasteiger partial charge on any atom is 0.243 e. The molecule has 2 aliphatic heterocycles. The smallest absolute Gasteiger partial charge is 0.243 e. The molecule has 0 radical (unpaired) electrons. The van der Waals surface area contributed by atoms with Gasteiger partial charge in [0.15, 0.2) is 5.96 Å². The van der Waals surface area contributed by atoms with E-state index in [1.165, 1.54) is 19.3 Å². The number of carbonyl (C=O) groups excluding carboxylic acids is 1. The van der Waals surface area contributed by atoms with Crippen molar-refractivity contribution in [1.82, 2.24) is 15.5 Å². The minimum Gasteiger partial charge on any atom is -0.487 e. The zero-order valence-electron chi connectivity index (χ0n) is 18.9. The summed E-state index contributed by atoms with van der Waals surface area (Å²) < 4.78 is 12.4. The number of ether oxygens (including phenoxy) is 2. The Morgan fingerprint density at radius 3 is 2.74 bits per heavy atom. The minimum atomic E-state index is -0.0942. The molecule has 31 heavy (non-hydrogen) atoms. The lowest BCUT2D eigenvalue weighted by molar-refractivity contribution is -0.127. The summed E-state index contributed by atoms with van der Waals surface area (Å²) in [5, 5.41) is 7.07. The van der Waals surface area contributed by atoms with Crippen LogP contribution in [0.2, 0.25) is 0 Å². The normalized spacial score (nSPS) is 24.9. The van der Waals surface area contributed by atoms with Gasteiger partial charge in [-0.1, -0.05) is 18.2 Å². The number of amides is 1. The summed E-state index contributed by atoms with van der Waals surface area (Å²) in [7, 11) is 3.51. The summed E-state index contributed by atoms with van der Waals surface area (Å²) in [6.45, 7) is 1.63. The van der Waals surface area contributed by atoms with Crippen LogP contribution in [0.25, 0.3) is 0 Å². The molecule has 2 atom stereocenters. The molecule has 1 saturated carbocycles. The van der Waals surface area contributed by atoms with E-state index in [0.29, 0.717) is 12.5 Å². The monoisotopic (exact) mass is 428 g/mol. The standard InChI is InChI=1S/C24H36N4O3/c1-28(2)22(29)17-26-23(25-16-18-9-5-8-14-30-18)27-20-15-24(12-6-7-13-24)31-21-11-4-3-10-19(20)21/h3-4,10-11,18,20H,5-9,12-17H2,1-2H3,(H2,25,26,27).